The number of unbranched alkanes of at least 4 members (excludes halogenated alkanes) is 1. The van der Waals surface area contributed by atoms with Crippen LogP contribution in [-0.2, 0) is 10.0 Å². The molecule has 0 aliphatic rings. The van der Waals surface area contributed by atoms with Crippen molar-refractivity contribution in [2.45, 2.75) is 43.9 Å². The smallest absolute Gasteiger partial charge is 0.269 e. The molecule has 0 spiro atoms. The monoisotopic (exact) mass is 430 g/mol. The minimum absolute atomic E-state index is 0.119. The predicted octanol–water partition coefficient (Wildman–Crippen LogP) is 3.94. The van der Waals surface area contributed by atoms with Gasteiger partial charge in [-0.2, -0.15) is 0 Å². The average Bonchev–Trinajstić information content (AvgIpc) is 3.12. The zero-order valence-electron chi connectivity index (χ0n) is 15.2. The molecular formula is C17H23ClN4O3S2. The van der Waals surface area contributed by atoms with Crippen LogP contribution in [0.5, 0.6) is 0 Å². The van der Waals surface area contributed by atoms with Crippen LogP contribution >= 0.6 is 22.9 Å². The standard InChI is InChI=1S/C17H23ClN4O3S2/c1-3-5-6-12(4-2)11-19-27(24,25)17-22-21-16(26-17)20-15(23)13-7-9-14(18)10-8-13/h7-10,12,19H,3-6,11H2,1-2H3,(H,20,21,23)/t12-/m0/s1. The number of nitrogens with one attached hydrogen (secondary N) is 2. The van der Waals surface area contributed by atoms with Gasteiger partial charge >= 0.3 is 0 Å². The van der Waals surface area contributed by atoms with Crippen LogP contribution in [0.25, 0.3) is 0 Å². The lowest BCUT2D eigenvalue weighted by molar-refractivity contribution is 0.102. The molecule has 1 heterocycles. The summed E-state index contributed by atoms with van der Waals surface area (Å²) in [4.78, 5) is 12.2. The number of benzene rings is 1. The fourth-order valence-corrected chi connectivity index (χ4v) is 4.55. The van der Waals surface area contributed by atoms with Crippen LogP contribution in [0.3, 0.4) is 0 Å². The molecule has 10 heteroatoms. The lowest BCUT2D eigenvalue weighted by Crippen LogP contribution is -2.29. The molecule has 0 radical (unpaired) electrons. The maximum atomic E-state index is 12.4. The Balaban J connectivity index is 1.98. The van der Waals surface area contributed by atoms with E-state index in [2.05, 4.69) is 27.2 Å². The Labute approximate surface area is 168 Å². The molecule has 0 fully saturated rings. The molecule has 1 amide bonds. The molecule has 0 bridgehead atoms. The summed E-state index contributed by atoms with van der Waals surface area (Å²) in [6, 6.07) is 6.33. The normalized spacial score (nSPS) is 12.7. The van der Waals surface area contributed by atoms with Crippen LogP contribution in [0.4, 0.5) is 5.13 Å². The second-order valence-corrected chi connectivity index (χ2v) is 9.46. The Morgan fingerprint density at radius 2 is 1.93 bits per heavy atom. The molecule has 2 aromatic rings. The predicted molar refractivity (Wildman–Crippen MR) is 108 cm³/mol. The number of anilines is 1. The van der Waals surface area contributed by atoms with Gasteiger partial charge in [-0.25, -0.2) is 13.1 Å². The van der Waals surface area contributed by atoms with E-state index in [1.54, 1.807) is 24.3 Å². The van der Waals surface area contributed by atoms with Gasteiger partial charge in [0.15, 0.2) is 0 Å². The number of rotatable bonds is 10. The number of halogens is 1. The number of carbonyl (C=O) groups excluding carboxylic acids is 1. The number of sulfonamides is 1. The van der Waals surface area contributed by atoms with Crippen molar-refractivity contribution in [3.8, 4) is 0 Å². The summed E-state index contributed by atoms with van der Waals surface area (Å²) >= 11 is 6.61. The van der Waals surface area contributed by atoms with E-state index in [0.29, 0.717) is 17.1 Å². The van der Waals surface area contributed by atoms with Gasteiger partial charge < -0.3 is 0 Å². The zero-order valence-corrected chi connectivity index (χ0v) is 17.6. The van der Waals surface area contributed by atoms with Gasteiger partial charge in [-0.15, -0.1) is 10.2 Å². The average molecular weight is 431 g/mol. The first kappa shape index (κ1) is 21.7. The quantitative estimate of drug-likeness (QED) is 0.556. The molecule has 0 saturated heterocycles. The van der Waals surface area contributed by atoms with Crippen molar-refractivity contribution >= 4 is 44.0 Å². The number of hydrogen-bond acceptors (Lipinski definition) is 6. The maximum Gasteiger partial charge on any atom is 0.269 e. The van der Waals surface area contributed by atoms with Crippen LogP contribution in [0, 0.1) is 5.92 Å². The molecule has 148 valence electrons. The summed E-state index contributed by atoms with van der Waals surface area (Å²) in [5.74, 6) is -0.123. The third-order valence-electron chi connectivity index (χ3n) is 4.07. The van der Waals surface area contributed by atoms with Crippen molar-refractivity contribution in [1.82, 2.24) is 14.9 Å². The minimum atomic E-state index is -3.75. The molecule has 0 unspecified atom stereocenters. The van der Waals surface area contributed by atoms with Gasteiger partial charge in [0, 0.05) is 17.1 Å². The molecule has 0 aliphatic carbocycles. The van der Waals surface area contributed by atoms with E-state index in [1.807, 2.05) is 6.92 Å². The fraction of sp³-hybridized carbons (Fsp3) is 0.471. The summed E-state index contributed by atoms with van der Waals surface area (Å²) in [5, 5.41) is 10.6. The summed E-state index contributed by atoms with van der Waals surface area (Å²) in [5.41, 5.74) is 0.388. The number of nitrogens with zero attached hydrogens (tertiary/aromatic N) is 2. The molecule has 2 N–H and O–H groups in total. The van der Waals surface area contributed by atoms with Crippen molar-refractivity contribution in [2.24, 2.45) is 5.92 Å². The summed E-state index contributed by atoms with van der Waals surface area (Å²) in [7, 11) is -3.75. The number of hydrogen-bond donors (Lipinski definition) is 2. The Hall–Kier alpha value is -1.55. The Bertz CT molecular complexity index is 853. The first-order valence-electron chi connectivity index (χ1n) is 8.75. The van der Waals surface area contributed by atoms with Gasteiger partial charge in [-0.3, -0.25) is 10.1 Å². The SMILES string of the molecule is CCCC[C@H](CC)CNS(=O)(=O)c1nnc(NC(=O)c2ccc(Cl)cc2)s1. The Morgan fingerprint density at radius 1 is 1.22 bits per heavy atom. The van der Waals surface area contributed by atoms with Crippen LogP contribution in [0.15, 0.2) is 28.6 Å². The number of carbonyl (C=O) groups is 1. The van der Waals surface area contributed by atoms with Gasteiger partial charge in [0.1, 0.15) is 0 Å². The van der Waals surface area contributed by atoms with E-state index in [9.17, 15) is 13.2 Å². The van der Waals surface area contributed by atoms with E-state index < -0.39 is 15.9 Å². The summed E-state index contributed by atoms with van der Waals surface area (Å²) < 4.78 is 27.2. The highest BCUT2D eigenvalue weighted by atomic mass is 35.5. The van der Waals surface area contributed by atoms with Gasteiger partial charge in [0.05, 0.1) is 0 Å². The molecule has 27 heavy (non-hydrogen) atoms. The number of aromatic nitrogens is 2. The third-order valence-corrected chi connectivity index (χ3v) is 6.95. The highest BCUT2D eigenvalue weighted by molar-refractivity contribution is 7.91. The molecule has 1 atom stereocenters. The van der Waals surface area contributed by atoms with E-state index in [0.717, 1.165) is 37.0 Å². The third kappa shape index (κ3) is 6.53. The lowest BCUT2D eigenvalue weighted by Gasteiger charge is -2.14. The van der Waals surface area contributed by atoms with Gasteiger partial charge in [0.25, 0.3) is 15.9 Å². The van der Waals surface area contributed by atoms with Crippen LogP contribution in [0.1, 0.15) is 49.9 Å². The van der Waals surface area contributed by atoms with Crippen molar-refractivity contribution in [3.05, 3.63) is 34.9 Å². The fourth-order valence-electron chi connectivity index (χ4n) is 2.37. The van der Waals surface area contributed by atoms with Gasteiger partial charge in [-0.05, 0) is 36.6 Å². The Morgan fingerprint density at radius 3 is 2.56 bits per heavy atom. The van der Waals surface area contributed by atoms with E-state index in [-0.39, 0.29) is 15.4 Å². The van der Waals surface area contributed by atoms with Crippen LogP contribution in [0.2, 0.25) is 5.02 Å². The first-order chi connectivity index (χ1) is 12.9. The minimum Gasteiger partial charge on any atom is -0.296 e. The molecule has 7 nitrogen and oxygen atoms in total. The molecule has 0 aliphatic heterocycles. The topological polar surface area (TPSA) is 101 Å². The van der Waals surface area contributed by atoms with E-state index in [1.165, 1.54) is 0 Å². The molecule has 0 saturated carbocycles. The van der Waals surface area contributed by atoms with Crippen molar-refractivity contribution < 1.29 is 13.2 Å². The number of amides is 1. The van der Waals surface area contributed by atoms with Gasteiger partial charge in [0.2, 0.25) is 9.47 Å². The molecule has 1 aromatic carbocycles. The van der Waals surface area contributed by atoms with Crippen molar-refractivity contribution in [1.29, 1.82) is 0 Å². The highest BCUT2D eigenvalue weighted by Gasteiger charge is 2.22. The zero-order chi connectivity index (χ0) is 19.9. The highest BCUT2D eigenvalue weighted by Crippen LogP contribution is 2.21. The second kappa shape index (κ2) is 10.1. The molecule has 1 aromatic heterocycles. The largest absolute Gasteiger partial charge is 0.296 e. The van der Waals surface area contributed by atoms with Crippen LogP contribution in [-0.4, -0.2) is 31.1 Å². The lowest BCUT2D eigenvalue weighted by atomic mass is 10.00. The first-order valence-corrected chi connectivity index (χ1v) is 11.4. The van der Waals surface area contributed by atoms with Crippen molar-refractivity contribution in [3.63, 3.8) is 0 Å². The second-order valence-electron chi connectivity index (χ2n) is 6.10. The van der Waals surface area contributed by atoms with E-state index in [4.69, 9.17) is 11.6 Å². The Kier molecular flexibility index (Phi) is 8.15. The van der Waals surface area contributed by atoms with Crippen LogP contribution < -0.4 is 10.0 Å². The van der Waals surface area contributed by atoms with Gasteiger partial charge in [-0.1, -0.05) is 56.0 Å². The maximum absolute atomic E-state index is 12.4. The summed E-state index contributed by atoms with van der Waals surface area (Å²) in [6.45, 7) is 4.52. The summed E-state index contributed by atoms with van der Waals surface area (Å²) in [6.07, 6.45) is 4.03. The van der Waals surface area contributed by atoms with Crippen molar-refractivity contribution in [2.75, 3.05) is 11.9 Å². The molecular weight excluding hydrogens is 408 g/mol. The molecule has 2 rings (SSSR count). The van der Waals surface area contributed by atoms with E-state index >= 15 is 0 Å².